The number of nitrogens with one attached hydrogen (secondary N) is 2. The quantitative estimate of drug-likeness (QED) is 0.490. The first-order valence-corrected chi connectivity index (χ1v) is 3.98. The van der Waals surface area contributed by atoms with Gasteiger partial charge in [0.15, 0.2) is 0 Å². The Balaban J connectivity index is 2.19. The number of rotatable bonds is 1. The standard InChI is InChI=1S/C6H11N5O/c12-6(1-3-7-4-2-6)5-8-10-11-9-5/h7,12H,1-4H2,(H,8,9,10,11). The van der Waals surface area contributed by atoms with Crippen LogP contribution < -0.4 is 5.32 Å². The van der Waals surface area contributed by atoms with Gasteiger partial charge in [-0.25, -0.2) is 0 Å². The zero-order chi connectivity index (χ0) is 8.44. The summed E-state index contributed by atoms with van der Waals surface area (Å²) in [5.74, 6) is 0.406. The van der Waals surface area contributed by atoms with Crippen LogP contribution in [0.3, 0.4) is 0 Å². The number of aromatic nitrogens is 4. The molecule has 6 nitrogen and oxygen atoms in total. The van der Waals surface area contributed by atoms with Crippen LogP contribution in [0.4, 0.5) is 0 Å². The number of tetrazole rings is 1. The zero-order valence-corrected chi connectivity index (χ0v) is 6.62. The fraction of sp³-hybridized carbons (Fsp3) is 0.833. The van der Waals surface area contributed by atoms with E-state index in [1.807, 2.05) is 0 Å². The van der Waals surface area contributed by atoms with E-state index in [1.165, 1.54) is 0 Å². The van der Waals surface area contributed by atoms with Gasteiger partial charge in [-0.15, -0.1) is 10.2 Å². The van der Waals surface area contributed by atoms with E-state index in [4.69, 9.17) is 0 Å². The summed E-state index contributed by atoms with van der Waals surface area (Å²) in [7, 11) is 0. The van der Waals surface area contributed by atoms with Crippen LogP contribution in [0.15, 0.2) is 0 Å². The first-order chi connectivity index (χ1) is 5.81. The summed E-state index contributed by atoms with van der Waals surface area (Å²) >= 11 is 0. The molecular weight excluding hydrogens is 158 g/mol. The summed E-state index contributed by atoms with van der Waals surface area (Å²) in [6.45, 7) is 1.59. The maximum atomic E-state index is 10.0. The van der Waals surface area contributed by atoms with E-state index in [0.29, 0.717) is 18.7 Å². The van der Waals surface area contributed by atoms with Gasteiger partial charge in [0.05, 0.1) is 0 Å². The molecule has 66 valence electrons. The van der Waals surface area contributed by atoms with E-state index in [2.05, 4.69) is 25.9 Å². The Bertz CT molecular complexity index is 240. The van der Waals surface area contributed by atoms with Crippen molar-refractivity contribution in [2.75, 3.05) is 13.1 Å². The lowest BCUT2D eigenvalue weighted by atomic mass is 9.92. The first-order valence-electron chi connectivity index (χ1n) is 3.98. The highest BCUT2D eigenvalue weighted by molar-refractivity contribution is 4.99. The van der Waals surface area contributed by atoms with Gasteiger partial charge < -0.3 is 10.4 Å². The first kappa shape index (κ1) is 7.63. The molecule has 0 unspecified atom stereocenters. The Morgan fingerprint density at radius 1 is 1.33 bits per heavy atom. The summed E-state index contributed by atoms with van der Waals surface area (Å²) in [4.78, 5) is 0. The number of piperidine rings is 1. The fourth-order valence-electron chi connectivity index (χ4n) is 1.42. The van der Waals surface area contributed by atoms with Crippen molar-refractivity contribution in [3.8, 4) is 0 Å². The molecule has 2 heterocycles. The molecule has 1 fully saturated rings. The molecule has 1 saturated heterocycles. The summed E-state index contributed by atoms with van der Waals surface area (Å²) in [5, 5.41) is 26.5. The topological polar surface area (TPSA) is 86.7 Å². The minimum atomic E-state index is -0.877. The number of nitrogens with zero attached hydrogens (tertiary/aromatic N) is 3. The monoisotopic (exact) mass is 169 g/mol. The molecule has 0 bridgehead atoms. The molecule has 0 aliphatic carbocycles. The summed E-state index contributed by atoms with van der Waals surface area (Å²) in [5.41, 5.74) is -0.877. The van der Waals surface area contributed by atoms with Crippen LogP contribution in [-0.2, 0) is 5.60 Å². The van der Waals surface area contributed by atoms with Gasteiger partial charge >= 0.3 is 0 Å². The number of H-pyrrole nitrogens is 1. The molecule has 0 spiro atoms. The molecule has 0 amide bonds. The number of aromatic amines is 1. The van der Waals surface area contributed by atoms with Gasteiger partial charge in [-0.1, -0.05) is 5.21 Å². The predicted octanol–water partition coefficient (Wildman–Crippen LogP) is -1.23. The molecule has 12 heavy (non-hydrogen) atoms. The van der Waals surface area contributed by atoms with Crippen molar-refractivity contribution >= 4 is 0 Å². The van der Waals surface area contributed by atoms with E-state index >= 15 is 0 Å². The smallest absolute Gasteiger partial charge is 0.206 e. The lowest BCUT2D eigenvalue weighted by Crippen LogP contribution is -2.40. The lowest BCUT2D eigenvalue weighted by Gasteiger charge is -2.29. The highest BCUT2D eigenvalue weighted by atomic mass is 16.3. The lowest BCUT2D eigenvalue weighted by molar-refractivity contribution is -0.00245. The van der Waals surface area contributed by atoms with Gasteiger partial charge in [-0.3, -0.25) is 0 Å². The molecule has 1 aromatic heterocycles. The van der Waals surface area contributed by atoms with Crippen LogP contribution in [0.2, 0.25) is 0 Å². The Morgan fingerprint density at radius 2 is 2.08 bits per heavy atom. The summed E-state index contributed by atoms with van der Waals surface area (Å²) in [6.07, 6.45) is 1.29. The highest BCUT2D eigenvalue weighted by Gasteiger charge is 2.34. The molecule has 1 aliphatic rings. The molecule has 2 rings (SSSR count). The van der Waals surface area contributed by atoms with Gasteiger partial charge in [-0.2, -0.15) is 5.21 Å². The van der Waals surface area contributed by atoms with E-state index in [1.54, 1.807) is 0 Å². The van der Waals surface area contributed by atoms with Crippen molar-refractivity contribution in [2.24, 2.45) is 0 Å². The van der Waals surface area contributed by atoms with Crippen molar-refractivity contribution in [1.29, 1.82) is 0 Å². The van der Waals surface area contributed by atoms with Crippen LogP contribution in [-0.4, -0.2) is 38.8 Å². The Labute approximate surface area is 69.4 Å². The third-order valence-corrected chi connectivity index (χ3v) is 2.19. The highest BCUT2D eigenvalue weighted by Crippen LogP contribution is 2.26. The molecule has 0 saturated carbocycles. The van der Waals surface area contributed by atoms with Crippen molar-refractivity contribution < 1.29 is 5.11 Å². The maximum Gasteiger partial charge on any atom is 0.206 e. The Hall–Kier alpha value is -1.01. The van der Waals surface area contributed by atoms with Gasteiger partial charge in [0.2, 0.25) is 5.82 Å². The maximum absolute atomic E-state index is 10.0. The molecule has 1 aromatic rings. The van der Waals surface area contributed by atoms with Crippen molar-refractivity contribution in [3.63, 3.8) is 0 Å². The Morgan fingerprint density at radius 3 is 2.67 bits per heavy atom. The molecule has 3 N–H and O–H groups in total. The largest absolute Gasteiger partial charge is 0.382 e. The minimum Gasteiger partial charge on any atom is -0.382 e. The summed E-state index contributed by atoms with van der Waals surface area (Å²) in [6, 6.07) is 0. The molecule has 1 aliphatic heterocycles. The van der Waals surface area contributed by atoms with Crippen molar-refractivity contribution in [1.82, 2.24) is 25.9 Å². The Kier molecular flexibility index (Phi) is 1.78. The zero-order valence-electron chi connectivity index (χ0n) is 6.62. The van der Waals surface area contributed by atoms with Gasteiger partial charge in [0, 0.05) is 0 Å². The van der Waals surface area contributed by atoms with Crippen LogP contribution in [0, 0.1) is 0 Å². The normalized spacial score (nSPS) is 22.4. The van der Waals surface area contributed by atoms with Gasteiger partial charge in [0.25, 0.3) is 0 Å². The second kappa shape index (κ2) is 2.80. The van der Waals surface area contributed by atoms with Crippen LogP contribution in [0.1, 0.15) is 18.7 Å². The second-order valence-corrected chi connectivity index (χ2v) is 3.02. The molecule has 0 radical (unpaired) electrons. The van der Waals surface area contributed by atoms with Crippen LogP contribution >= 0.6 is 0 Å². The number of aliphatic hydroxyl groups is 1. The number of hydrogen-bond donors (Lipinski definition) is 3. The third-order valence-electron chi connectivity index (χ3n) is 2.19. The second-order valence-electron chi connectivity index (χ2n) is 3.02. The predicted molar refractivity (Wildman–Crippen MR) is 40.2 cm³/mol. The van der Waals surface area contributed by atoms with E-state index in [-0.39, 0.29) is 0 Å². The van der Waals surface area contributed by atoms with E-state index < -0.39 is 5.60 Å². The van der Waals surface area contributed by atoms with E-state index in [0.717, 1.165) is 13.1 Å². The molecular formula is C6H11N5O. The van der Waals surface area contributed by atoms with E-state index in [9.17, 15) is 5.11 Å². The van der Waals surface area contributed by atoms with Gasteiger partial charge in [-0.05, 0) is 25.9 Å². The average Bonchev–Trinajstić information content (AvgIpc) is 2.58. The molecule has 6 heteroatoms. The average molecular weight is 169 g/mol. The van der Waals surface area contributed by atoms with Crippen molar-refractivity contribution in [3.05, 3.63) is 5.82 Å². The minimum absolute atomic E-state index is 0.406. The third kappa shape index (κ3) is 1.19. The van der Waals surface area contributed by atoms with Crippen molar-refractivity contribution in [2.45, 2.75) is 18.4 Å². The SMILES string of the molecule is OC1(c2nn[nH]n2)CCNCC1. The molecule has 0 atom stereocenters. The van der Waals surface area contributed by atoms with Gasteiger partial charge in [0.1, 0.15) is 5.60 Å². The van der Waals surface area contributed by atoms with Crippen LogP contribution in [0.25, 0.3) is 0 Å². The number of hydrogen-bond acceptors (Lipinski definition) is 5. The molecule has 0 aromatic carbocycles. The summed E-state index contributed by atoms with van der Waals surface area (Å²) < 4.78 is 0. The van der Waals surface area contributed by atoms with Crippen LogP contribution in [0.5, 0.6) is 0 Å². The fourth-order valence-corrected chi connectivity index (χ4v) is 1.42.